The van der Waals surface area contributed by atoms with Crippen molar-refractivity contribution in [3.63, 3.8) is 0 Å². The highest BCUT2D eigenvalue weighted by Crippen LogP contribution is 2.62. The van der Waals surface area contributed by atoms with E-state index in [1.165, 1.54) is 19.8 Å². The number of fused-ring (bicyclic) bond motifs is 3. The van der Waals surface area contributed by atoms with E-state index >= 15 is 0 Å². The molecule has 1 saturated carbocycles. The number of piperidine rings is 1. The molecule has 4 aromatic rings. The highest BCUT2D eigenvalue weighted by atomic mass is 79.9. The molecular weight excluding hydrogens is 674 g/mol. The Morgan fingerprint density at radius 2 is 1.81 bits per heavy atom. The van der Waals surface area contributed by atoms with Crippen LogP contribution in [0.25, 0.3) is 22.2 Å². The van der Waals surface area contributed by atoms with Gasteiger partial charge in [-0.2, -0.15) is 5.10 Å². The zero-order chi connectivity index (χ0) is 33.6. The molecule has 1 aliphatic carbocycles. The number of pyridine rings is 2. The van der Waals surface area contributed by atoms with Crippen molar-refractivity contribution >= 4 is 50.2 Å². The zero-order valence-corrected chi connectivity index (χ0v) is 29.2. The number of carbonyl (C=O) groups is 3. The van der Waals surface area contributed by atoms with Crippen LogP contribution in [0, 0.1) is 12.3 Å². The maximum Gasteiger partial charge on any atom is 0.248 e. The van der Waals surface area contributed by atoms with Gasteiger partial charge in [-0.05, 0) is 79.7 Å². The van der Waals surface area contributed by atoms with Crippen molar-refractivity contribution < 1.29 is 14.4 Å². The summed E-state index contributed by atoms with van der Waals surface area (Å²) in [6, 6.07) is 5.05. The maximum atomic E-state index is 14.3. The molecule has 1 spiro atoms. The lowest BCUT2D eigenvalue weighted by atomic mass is 9.92. The van der Waals surface area contributed by atoms with Crippen molar-refractivity contribution in [1.29, 1.82) is 0 Å². The van der Waals surface area contributed by atoms with Crippen LogP contribution in [0.5, 0.6) is 0 Å². The lowest BCUT2D eigenvalue weighted by molar-refractivity contribution is -0.138. The van der Waals surface area contributed by atoms with E-state index in [2.05, 4.69) is 58.2 Å². The Morgan fingerprint density at radius 3 is 2.60 bits per heavy atom. The Labute approximate surface area is 287 Å². The Bertz CT molecular complexity index is 1890. The first kappa shape index (κ1) is 32.4. The second kappa shape index (κ2) is 13.1. The van der Waals surface area contributed by atoms with Crippen LogP contribution < -0.4 is 5.32 Å². The maximum absolute atomic E-state index is 14.3. The van der Waals surface area contributed by atoms with Crippen LogP contribution >= 0.6 is 15.9 Å². The number of carbonyl (C=O) groups excluding carboxylic acids is 3. The molecule has 6 heterocycles. The largest absolute Gasteiger partial charge is 0.325 e. The van der Waals surface area contributed by atoms with E-state index in [-0.39, 0.29) is 41.3 Å². The molecule has 2 fully saturated rings. The number of ketones is 1. The van der Waals surface area contributed by atoms with Crippen molar-refractivity contribution in [2.45, 2.75) is 90.4 Å². The van der Waals surface area contributed by atoms with Gasteiger partial charge in [0.25, 0.3) is 0 Å². The van der Waals surface area contributed by atoms with E-state index in [0.29, 0.717) is 51.4 Å². The van der Waals surface area contributed by atoms with Crippen molar-refractivity contribution in [2.24, 2.45) is 5.41 Å². The van der Waals surface area contributed by atoms with Crippen LogP contribution in [-0.4, -0.2) is 82.8 Å². The number of aromatic nitrogens is 6. The summed E-state index contributed by atoms with van der Waals surface area (Å²) in [4.78, 5) is 62.9. The summed E-state index contributed by atoms with van der Waals surface area (Å²) in [5.41, 5.74) is 3.05. The van der Waals surface area contributed by atoms with Gasteiger partial charge in [0.2, 0.25) is 11.8 Å². The summed E-state index contributed by atoms with van der Waals surface area (Å²) in [7, 11) is 2.09. The molecule has 48 heavy (non-hydrogen) atoms. The third kappa shape index (κ3) is 6.37. The second-order valence-corrected chi connectivity index (χ2v) is 14.5. The Kier molecular flexibility index (Phi) is 8.84. The Hall–Kier alpha value is -4.10. The molecule has 250 valence electrons. The summed E-state index contributed by atoms with van der Waals surface area (Å²) < 4.78 is 2.18. The minimum Gasteiger partial charge on any atom is -0.325 e. The fraction of sp³-hybridized carbons (Fsp3) is 0.486. The van der Waals surface area contributed by atoms with E-state index in [4.69, 9.17) is 0 Å². The minimum absolute atomic E-state index is 0.00197. The molecule has 7 rings (SSSR count). The number of hydrogen-bond donors (Lipinski definition) is 1. The number of halogens is 1. The average Bonchev–Trinajstić information content (AvgIpc) is 3.47. The molecule has 1 saturated heterocycles. The van der Waals surface area contributed by atoms with Crippen LogP contribution in [0.15, 0.2) is 41.4 Å². The molecule has 13 heteroatoms. The molecule has 0 radical (unpaired) electrons. The van der Waals surface area contributed by atoms with E-state index in [1.54, 1.807) is 34.2 Å². The quantitative estimate of drug-likeness (QED) is 0.219. The number of likely N-dealkylation sites (tertiary alicyclic amines) is 1. The van der Waals surface area contributed by atoms with Crippen molar-refractivity contribution in [1.82, 2.24) is 39.5 Å². The monoisotopic (exact) mass is 713 g/mol. The number of hydrogen-bond acceptors (Lipinski definition) is 9. The number of amides is 2. The van der Waals surface area contributed by atoms with Crippen molar-refractivity contribution in [3.8, 4) is 11.3 Å². The van der Waals surface area contributed by atoms with E-state index in [1.807, 2.05) is 19.1 Å². The topological polar surface area (TPSA) is 139 Å². The summed E-state index contributed by atoms with van der Waals surface area (Å²) in [5, 5.41) is 8.30. The number of rotatable bonds is 4. The fourth-order valence-electron chi connectivity index (χ4n) is 7.58. The molecule has 3 aliphatic rings. The molecule has 1 N–H and O–H groups in total. The summed E-state index contributed by atoms with van der Waals surface area (Å²) in [6.45, 7) is 4.80. The molecule has 4 aromatic heterocycles. The first-order valence-electron chi connectivity index (χ1n) is 16.7. The van der Waals surface area contributed by atoms with Gasteiger partial charge in [0.1, 0.15) is 34.5 Å². The van der Waals surface area contributed by atoms with Gasteiger partial charge < -0.3 is 15.1 Å². The van der Waals surface area contributed by atoms with Crippen LogP contribution in [0.3, 0.4) is 0 Å². The number of nitrogens with one attached hydrogen (secondary N) is 1. The van der Waals surface area contributed by atoms with Gasteiger partial charge >= 0.3 is 0 Å². The molecule has 3 atom stereocenters. The molecule has 0 aromatic carbocycles. The first-order valence-corrected chi connectivity index (χ1v) is 17.5. The van der Waals surface area contributed by atoms with E-state index in [9.17, 15) is 14.4 Å². The van der Waals surface area contributed by atoms with E-state index < -0.39 is 6.04 Å². The van der Waals surface area contributed by atoms with Gasteiger partial charge in [-0.1, -0.05) is 31.7 Å². The summed E-state index contributed by atoms with van der Waals surface area (Å²) in [5.74, 6) is 0.526. The molecular formula is C35H40BrN9O3. The highest BCUT2D eigenvalue weighted by molar-refractivity contribution is 9.10. The minimum atomic E-state index is -0.629. The Morgan fingerprint density at radius 1 is 1.04 bits per heavy atom. The lowest BCUT2D eigenvalue weighted by Gasteiger charge is -2.27. The lowest BCUT2D eigenvalue weighted by Crippen LogP contribution is -2.47. The average molecular weight is 715 g/mol. The van der Waals surface area contributed by atoms with Gasteiger partial charge in [0, 0.05) is 48.4 Å². The SMILES string of the molecule is CC(=O)c1nn(CC(=O)N2[C@H]3C[C@@]4(CCCCCCCN(C)Cc5ccc(Br)nc5NC3=O)C[C@@H]24)c2cnc(-c3cnc(C)nc3)cc12. The zero-order valence-electron chi connectivity index (χ0n) is 27.6. The molecule has 2 aliphatic heterocycles. The Balaban J connectivity index is 1.19. The van der Waals surface area contributed by atoms with Crippen molar-refractivity contribution in [3.05, 3.63) is 58.5 Å². The van der Waals surface area contributed by atoms with Gasteiger partial charge in [0.15, 0.2) is 5.78 Å². The molecule has 0 unspecified atom stereocenters. The molecule has 12 nitrogen and oxygen atoms in total. The van der Waals surface area contributed by atoms with Gasteiger partial charge in [-0.3, -0.25) is 24.0 Å². The number of nitrogens with zero attached hydrogens (tertiary/aromatic N) is 8. The van der Waals surface area contributed by atoms with Crippen LogP contribution in [0.1, 0.15) is 80.2 Å². The summed E-state index contributed by atoms with van der Waals surface area (Å²) in [6.07, 6.45) is 13.3. The number of Topliss-reactive ketones (excluding diaryl/α,β-unsaturated/α-hetero) is 1. The molecule has 2 amide bonds. The van der Waals surface area contributed by atoms with E-state index in [0.717, 1.165) is 44.2 Å². The van der Waals surface area contributed by atoms with Crippen molar-refractivity contribution in [2.75, 3.05) is 18.9 Å². The van der Waals surface area contributed by atoms with Gasteiger partial charge in [-0.15, -0.1) is 0 Å². The van der Waals surface area contributed by atoms with Gasteiger partial charge in [-0.25, -0.2) is 15.0 Å². The molecule has 2 bridgehead atoms. The van der Waals surface area contributed by atoms with Crippen LogP contribution in [0.4, 0.5) is 5.82 Å². The predicted molar refractivity (Wildman–Crippen MR) is 184 cm³/mol. The van der Waals surface area contributed by atoms with Gasteiger partial charge in [0.05, 0.1) is 17.4 Å². The standard InChI is InChI=1S/C35H40BrN9O3/c1-21(46)32-25-13-26(24-16-37-22(2)38-17-24)39-18-28(25)44(42-32)20-31(47)45-27-14-35(15-29(35)45)11-7-5-4-6-8-12-43(3)19-23-9-10-30(36)40-33(23)41-34(27)48/h9-10,13,16-18,27,29H,4-8,11-12,14-15,19-20H2,1-3H3,(H,40,41,48)/t27-,29+,35-/m0/s1. The van der Waals surface area contributed by atoms with Crippen LogP contribution in [0.2, 0.25) is 0 Å². The normalized spacial score (nSPS) is 23.4. The smallest absolute Gasteiger partial charge is 0.248 e. The predicted octanol–water partition coefficient (Wildman–Crippen LogP) is 5.34. The highest BCUT2D eigenvalue weighted by Gasteiger charge is 2.66. The second-order valence-electron chi connectivity index (χ2n) is 13.7. The number of aryl methyl sites for hydroxylation is 1. The summed E-state index contributed by atoms with van der Waals surface area (Å²) >= 11 is 3.47. The third-order valence-electron chi connectivity index (χ3n) is 10.2. The fourth-order valence-corrected chi connectivity index (χ4v) is 7.89. The first-order chi connectivity index (χ1) is 23.1. The van der Waals surface area contributed by atoms with Crippen LogP contribution in [-0.2, 0) is 22.7 Å². The number of anilines is 1. The third-order valence-corrected chi connectivity index (χ3v) is 10.6.